The Morgan fingerprint density at radius 3 is 2.45 bits per heavy atom. The van der Waals surface area contributed by atoms with Crippen LogP contribution in [0.4, 0.5) is 0 Å². The van der Waals surface area contributed by atoms with Crippen LogP contribution in [0, 0.1) is 5.92 Å². The van der Waals surface area contributed by atoms with Crippen LogP contribution in [0.1, 0.15) is 42.9 Å². The molecule has 0 N–H and O–H groups in total. The van der Waals surface area contributed by atoms with Crippen LogP contribution in [-0.2, 0) is 17.8 Å². The standard InChI is InChI=1S/C27H32N3O3/c1-31-22-11-7-19(8-12-22)17-29-16-15-24(33-3)25-26(21-5-4-6-21)30(28-27(25)29)18-20-9-13-23(32-2)14-10-20/h7,9-16,19,21H,4-6,8,17-18H2,1-3H3/q+1. The zero-order valence-corrected chi connectivity index (χ0v) is 19.7. The molecule has 1 saturated carbocycles. The number of hydrogen-bond acceptors (Lipinski definition) is 4. The maximum Gasteiger partial charge on any atom is 0.361 e. The van der Waals surface area contributed by atoms with Gasteiger partial charge in [-0.2, -0.15) is 4.68 Å². The van der Waals surface area contributed by atoms with E-state index in [1.807, 2.05) is 12.1 Å². The lowest BCUT2D eigenvalue weighted by molar-refractivity contribution is -0.678. The Bertz CT molecular complexity index is 1190. The summed E-state index contributed by atoms with van der Waals surface area (Å²) in [4.78, 5) is 0. The third-order valence-corrected chi connectivity index (χ3v) is 6.92. The minimum Gasteiger partial charge on any atom is -0.497 e. The van der Waals surface area contributed by atoms with E-state index in [1.165, 1.54) is 30.5 Å². The lowest BCUT2D eigenvalue weighted by Gasteiger charge is -2.25. The lowest BCUT2D eigenvalue weighted by Crippen LogP contribution is -2.38. The van der Waals surface area contributed by atoms with Crippen molar-refractivity contribution in [2.45, 2.75) is 44.7 Å². The van der Waals surface area contributed by atoms with Crippen molar-refractivity contribution in [2.24, 2.45) is 5.92 Å². The van der Waals surface area contributed by atoms with Gasteiger partial charge in [0.05, 0.1) is 51.4 Å². The fourth-order valence-corrected chi connectivity index (χ4v) is 4.83. The molecule has 5 rings (SSSR count). The van der Waals surface area contributed by atoms with Gasteiger partial charge in [0.25, 0.3) is 0 Å². The van der Waals surface area contributed by atoms with E-state index in [-0.39, 0.29) is 0 Å². The third kappa shape index (κ3) is 4.22. The van der Waals surface area contributed by atoms with Gasteiger partial charge in [0.2, 0.25) is 0 Å². The summed E-state index contributed by atoms with van der Waals surface area (Å²) in [5, 5.41) is 6.32. The number of pyridine rings is 1. The van der Waals surface area contributed by atoms with Crippen molar-refractivity contribution in [1.29, 1.82) is 0 Å². The maximum absolute atomic E-state index is 5.83. The maximum atomic E-state index is 5.83. The third-order valence-electron chi connectivity index (χ3n) is 6.92. The summed E-state index contributed by atoms with van der Waals surface area (Å²) in [5.41, 5.74) is 3.51. The summed E-state index contributed by atoms with van der Waals surface area (Å²) in [5.74, 6) is 3.65. The minimum atomic E-state index is 0.407. The van der Waals surface area contributed by atoms with Crippen molar-refractivity contribution >= 4 is 11.0 Å². The minimum absolute atomic E-state index is 0.407. The molecule has 2 aromatic heterocycles. The van der Waals surface area contributed by atoms with E-state index in [0.29, 0.717) is 11.8 Å². The molecule has 2 aliphatic rings. The van der Waals surface area contributed by atoms with E-state index in [9.17, 15) is 0 Å². The molecule has 0 aliphatic heterocycles. The zero-order valence-electron chi connectivity index (χ0n) is 19.7. The summed E-state index contributed by atoms with van der Waals surface area (Å²) in [7, 11) is 5.17. The smallest absolute Gasteiger partial charge is 0.361 e. The highest BCUT2D eigenvalue weighted by Crippen LogP contribution is 2.42. The molecule has 172 valence electrons. The average molecular weight is 447 g/mol. The molecule has 1 unspecified atom stereocenters. The summed E-state index contributed by atoms with van der Waals surface area (Å²) in [6.07, 6.45) is 13.2. The molecule has 1 aromatic carbocycles. The number of allylic oxidation sites excluding steroid dienone is 3. The number of aromatic nitrogens is 3. The molecule has 0 radical (unpaired) electrons. The second-order valence-electron chi connectivity index (χ2n) is 8.92. The number of rotatable bonds is 8. The van der Waals surface area contributed by atoms with Gasteiger partial charge in [0.1, 0.15) is 22.6 Å². The number of methoxy groups -OCH3 is 3. The first kappa shape index (κ1) is 21.6. The van der Waals surface area contributed by atoms with Crippen LogP contribution in [0.25, 0.3) is 11.0 Å². The molecule has 0 spiro atoms. The van der Waals surface area contributed by atoms with Crippen molar-refractivity contribution in [3.8, 4) is 11.5 Å². The highest BCUT2D eigenvalue weighted by atomic mass is 16.5. The molecule has 0 bridgehead atoms. The van der Waals surface area contributed by atoms with E-state index in [1.54, 1.807) is 21.3 Å². The molecule has 0 saturated heterocycles. The van der Waals surface area contributed by atoms with Gasteiger partial charge < -0.3 is 14.2 Å². The number of fused-ring (bicyclic) bond motifs is 1. The summed E-state index contributed by atoms with van der Waals surface area (Å²) in [6, 6.07) is 10.4. The van der Waals surface area contributed by atoms with E-state index < -0.39 is 0 Å². The molecular formula is C27H32N3O3+. The Labute approximate surface area is 195 Å². The Morgan fingerprint density at radius 1 is 1.03 bits per heavy atom. The van der Waals surface area contributed by atoms with Gasteiger partial charge >= 0.3 is 5.65 Å². The van der Waals surface area contributed by atoms with Crippen LogP contribution in [0.15, 0.2) is 60.5 Å². The van der Waals surface area contributed by atoms with Crippen LogP contribution in [-0.4, -0.2) is 31.1 Å². The Kier molecular flexibility index (Phi) is 6.07. The monoisotopic (exact) mass is 446 g/mol. The fourth-order valence-electron chi connectivity index (χ4n) is 4.83. The van der Waals surface area contributed by atoms with Crippen molar-refractivity contribution < 1.29 is 18.8 Å². The molecular weight excluding hydrogens is 414 g/mol. The molecule has 1 atom stereocenters. The van der Waals surface area contributed by atoms with Gasteiger partial charge in [0, 0.05) is 17.9 Å². The predicted octanol–water partition coefficient (Wildman–Crippen LogP) is 4.76. The molecule has 6 heteroatoms. The fraction of sp³-hybridized carbons (Fsp3) is 0.407. The number of hydrogen-bond donors (Lipinski definition) is 0. The van der Waals surface area contributed by atoms with Crippen LogP contribution >= 0.6 is 0 Å². The molecule has 1 fully saturated rings. The Morgan fingerprint density at radius 2 is 1.85 bits per heavy atom. The summed E-state index contributed by atoms with van der Waals surface area (Å²) < 4.78 is 21.0. The number of benzene rings is 1. The van der Waals surface area contributed by atoms with Gasteiger partial charge in [-0.3, -0.25) is 0 Å². The summed E-state index contributed by atoms with van der Waals surface area (Å²) in [6.45, 7) is 1.60. The van der Waals surface area contributed by atoms with Crippen LogP contribution in [0.2, 0.25) is 0 Å². The van der Waals surface area contributed by atoms with E-state index in [0.717, 1.165) is 47.8 Å². The first-order chi connectivity index (χ1) is 16.2. The molecule has 3 aromatic rings. The second-order valence-corrected chi connectivity index (χ2v) is 8.92. The highest BCUT2D eigenvalue weighted by Gasteiger charge is 2.33. The van der Waals surface area contributed by atoms with Gasteiger partial charge in [-0.15, -0.1) is 0 Å². The SMILES string of the molecule is COC1=CCC(C[n+]2ccc(OC)c3c(C4CCC4)n(Cc4ccc(OC)cc4)nc32)C=C1. The largest absolute Gasteiger partial charge is 0.497 e. The summed E-state index contributed by atoms with van der Waals surface area (Å²) >= 11 is 0. The molecule has 6 nitrogen and oxygen atoms in total. The van der Waals surface area contributed by atoms with Gasteiger partial charge in [-0.1, -0.05) is 24.6 Å². The van der Waals surface area contributed by atoms with Crippen molar-refractivity contribution in [2.75, 3.05) is 21.3 Å². The normalized spacial score (nSPS) is 18.2. The van der Waals surface area contributed by atoms with E-state index in [2.05, 4.69) is 51.9 Å². The van der Waals surface area contributed by atoms with Crippen LogP contribution in [0.3, 0.4) is 0 Å². The van der Waals surface area contributed by atoms with Crippen molar-refractivity contribution in [3.63, 3.8) is 0 Å². The molecule has 0 amide bonds. The van der Waals surface area contributed by atoms with Gasteiger partial charge in [-0.05, 0) is 49.1 Å². The average Bonchev–Trinajstić information content (AvgIpc) is 3.18. The predicted molar refractivity (Wildman–Crippen MR) is 128 cm³/mol. The zero-order chi connectivity index (χ0) is 22.8. The van der Waals surface area contributed by atoms with Crippen molar-refractivity contribution in [1.82, 2.24) is 9.78 Å². The Balaban J connectivity index is 1.54. The lowest BCUT2D eigenvalue weighted by atomic mass is 9.81. The first-order valence-corrected chi connectivity index (χ1v) is 11.7. The molecule has 2 aliphatic carbocycles. The van der Waals surface area contributed by atoms with Gasteiger partial charge in [-0.25, -0.2) is 4.57 Å². The Hall–Kier alpha value is -3.28. The first-order valence-electron chi connectivity index (χ1n) is 11.7. The topological polar surface area (TPSA) is 49.4 Å². The van der Waals surface area contributed by atoms with E-state index >= 15 is 0 Å². The number of nitrogens with zero attached hydrogens (tertiary/aromatic N) is 3. The van der Waals surface area contributed by atoms with Crippen LogP contribution in [0.5, 0.6) is 11.5 Å². The van der Waals surface area contributed by atoms with Gasteiger partial charge in [0.15, 0.2) is 0 Å². The van der Waals surface area contributed by atoms with Crippen LogP contribution < -0.4 is 14.0 Å². The molecule has 33 heavy (non-hydrogen) atoms. The van der Waals surface area contributed by atoms with Crippen molar-refractivity contribution in [3.05, 3.63) is 71.8 Å². The quantitative estimate of drug-likeness (QED) is 0.468. The number of ether oxygens (including phenoxy) is 3. The second kappa shape index (κ2) is 9.30. The molecule has 2 heterocycles. The highest BCUT2D eigenvalue weighted by molar-refractivity contribution is 5.83. The van der Waals surface area contributed by atoms with E-state index in [4.69, 9.17) is 19.3 Å².